The maximum atomic E-state index is 12.6. The third-order valence-electron chi connectivity index (χ3n) is 4.97. The van der Waals surface area contributed by atoms with E-state index in [2.05, 4.69) is 20.8 Å². The van der Waals surface area contributed by atoms with Crippen molar-refractivity contribution in [1.29, 1.82) is 0 Å². The van der Waals surface area contributed by atoms with Gasteiger partial charge in [0, 0.05) is 12.1 Å². The monoisotopic (exact) mass is 569 g/mol. The van der Waals surface area contributed by atoms with Crippen molar-refractivity contribution in [2.24, 2.45) is 0 Å². The summed E-state index contributed by atoms with van der Waals surface area (Å²) in [6, 6.07) is 8.60. The first-order valence-electron chi connectivity index (χ1n) is 10.6. The maximum absolute atomic E-state index is 12.6. The van der Waals surface area contributed by atoms with E-state index in [0.29, 0.717) is 33.8 Å². The number of methoxy groups -OCH3 is 1. The molecule has 1 aromatic heterocycles. The number of nitrogens with one attached hydrogen (secondary N) is 2. The molecule has 0 radical (unpaired) electrons. The Bertz CT molecular complexity index is 1300. The summed E-state index contributed by atoms with van der Waals surface area (Å²) in [6.07, 6.45) is 0. The number of carbonyl (C=O) groups excluding carboxylic acids is 3. The van der Waals surface area contributed by atoms with Crippen LogP contribution in [0.15, 0.2) is 41.6 Å². The average Bonchev–Trinajstić information content (AvgIpc) is 3.28. The molecule has 13 heteroatoms. The summed E-state index contributed by atoms with van der Waals surface area (Å²) >= 11 is 19.2. The normalized spacial score (nSPS) is 11.6. The first-order chi connectivity index (χ1) is 17.1. The van der Waals surface area contributed by atoms with Gasteiger partial charge in [-0.15, -0.1) is 10.2 Å². The highest BCUT2D eigenvalue weighted by Crippen LogP contribution is 2.26. The average molecular weight is 571 g/mol. The molecule has 190 valence electrons. The van der Waals surface area contributed by atoms with E-state index < -0.39 is 12.0 Å². The van der Waals surface area contributed by atoms with Gasteiger partial charge in [0.05, 0.1) is 45.2 Å². The summed E-state index contributed by atoms with van der Waals surface area (Å²) < 4.78 is 6.50. The van der Waals surface area contributed by atoms with Crippen molar-refractivity contribution in [3.8, 4) is 0 Å². The van der Waals surface area contributed by atoms with Crippen LogP contribution in [0.2, 0.25) is 15.1 Å². The van der Waals surface area contributed by atoms with Gasteiger partial charge in [-0.2, -0.15) is 0 Å². The predicted octanol–water partition coefficient (Wildman–Crippen LogP) is 5.27. The number of esters is 1. The lowest BCUT2D eigenvalue weighted by Gasteiger charge is -2.15. The number of aromatic nitrogens is 3. The number of ether oxygens (including phenoxy) is 1. The first kappa shape index (κ1) is 27.8. The van der Waals surface area contributed by atoms with Gasteiger partial charge in [-0.1, -0.05) is 46.6 Å². The molecule has 0 spiro atoms. The molecule has 2 aromatic carbocycles. The van der Waals surface area contributed by atoms with Gasteiger partial charge in [-0.25, -0.2) is 4.79 Å². The second kappa shape index (κ2) is 12.4. The Morgan fingerprint density at radius 1 is 1.03 bits per heavy atom. The van der Waals surface area contributed by atoms with Crippen LogP contribution in [-0.4, -0.2) is 45.4 Å². The second-order valence-corrected chi connectivity index (χ2v) is 9.60. The van der Waals surface area contributed by atoms with Crippen molar-refractivity contribution in [3.63, 3.8) is 0 Å². The zero-order chi connectivity index (χ0) is 26.4. The molecule has 0 aliphatic rings. The molecule has 0 aliphatic heterocycles. The standard InChI is InChI=1S/C23H22Cl3N5O4S/c1-4-31-20(12(2)27-21(33)13-5-7-15(24)17(26)9-13)29-30-23(31)36-11-19(32)28-18-10-14(22(34)35-3)6-8-16(18)25/h5-10,12H,4,11H2,1-3H3,(H,27,33)(H,28,32). The van der Waals surface area contributed by atoms with Gasteiger partial charge in [0.25, 0.3) is 5.91 Å². The molecule has 0 fully saturated rings. The van der Waals surface area contributed by atoms with E-state index in [-0.39, 0.29) is 33.2 Å². The number of benzene rings is 2. The largest absolute Gasteiger partial charge is 0.465 e. The Morgan fingerprint density at radius 3 is 2.39 bits per heavy atom. The number of rotatable bonds is 9. The second-order valence-electron chi connectivity index (χ2n) is 7.43. The van der Waals surface area contributed by atoms with Crippen LogP contribution < -0.4 is 10.6 Å². The summed E-state index contributed by atoms with van der Waals surface area (Å²) in [4.78, 5) is 36.9. The molecule has 2 N–H and O–H groups in total. The number of thioether (sulfide) groups is 1. The van der Waals surface area contributed by atoms with Crippen LogP contribution in [0.25, 0.3) is 0 Å². The van der Waals surface area contributed by atoms with Gasteiger partial charge in [-0.3, -0.25) is 9.59 Å². The van der Waals surface area contributed by atoms with E-state index in [1.54, 1.807) is 19.1 Å². The number of anilines is 1. The number of halogens is 3. The Balaban J connectivity index is 1.65. The number of nitrogens with zero attached hydrogens (tertiary/aromatic N) is 3. The van der Waals surface area contributed by atoms with Crippen LogP contribution in [0.4, 0.5) is 5.69 Å². The van der Waals surface area contributed by atoms with E-state index in [1.165, 1.54) is 43.1 Å². The highest BCUT2D eigenvalue weighted by molar-refractivity contribution is 7.99. The van der Waals surface area contributed by atoms with Crippen LogP contribution in [0.1, 0.15) is 46.4 Å². The SMILES string of the molecule is CCn1c(SCC(=O)Nc2cc(C(=O)OC)ccc2Cl)nnc1C(C)NC(=O)c1ccc(Cl)c(Cl)c1. The number of carbonyl (C=O) groups is 3. The van der Waals surface area contributed by atoms with Crippen molar-refractivity contribution >= 4 is 70.0 Å². The Labute approximate surface area is 226 Å². The summed E-state index contributed by atoms with van der Waals surface area (Å²) in [7, 11) is 1.27. The molecule has 1 atom stereocenters. The molecule has 0 saturated carbocycles. The predicted molar refractivity (Wildman–Crippen MR) is 140 cm³/mol. The zero-order valence-electron chi connectivity index (χ0n) is 19.5. The van der Waals surface area contributed by atoms with E-state index in [1.807, 2.05) is 11.5 Å². The molecule has 9 nitrogen and oxygen atoms in total. The van der Waals surface area contributed by atoms with Gasteiger partial charge in [0.2, 0.25) is 5.91 Å². The molecule has 0 saturated heterocycles. The van der Waals surface area contributed by atoms with E-state index in [0.717, 1.165) is 0 Å². The van der Waals surface area contributed by atoms with Crippen LogP contribution >= 0.6 is 46.6 Å². The number of hydrogen-bond donors (Lipinski definition) is 2. The fourth-order valence-electron chi connectivity index (χ4n) is 3.19. The van der Waals surface area contributed by atoms with Gasteiger partial charge < -0.3 is 19.9 Å². The minimum absolute atomic E-state index is 0.0148. The molecule has 3 aromatic rings. The highest BCUT2D eigenvalue weighted by atomic mass is 35.5. The van der Waals surface area contributed by atoms with Crippen LogP contribution in [-0.2, 0) is 16.1 Å². The fraction of sp³-hybridized carbons (Fsp3) is 0.261. The minimum Gasteiger partial charge on any atom is -0.465 e. The Morgan fingerprint density at radius 2 is 1.72 bits per heavy atom. The number of amides is 2. The lowest BCUT2D eigenvalue weighted by Crippen LogP contribution is -2.28. The smallest absolute Gasteiger partial charge is 0.337 e. The molecular formula is C23H22Cl3N5O4S. The number of hydrogen-bond acceptors (Lipinski definition) is 7. The van der Waals surface area contributed by atoms with Crippen LogP contribution in [0, 0.1) is 0 Å². The van der Waals surface area contributed by atoms with E-state index >= 15 is 0 Å². The topological polar surface area (TPSA) is 115 Å². The Hall–Kier alpha value is -2.79. The van der Waals surface area contributed by atoms with Crippen LogP contribution in [0.3, 0.4) is 0 Å². The molecule has 1 heterocycles. The fourth-order valence-corrected chi connectivity index (χ4v) is 4.46. The van der Waals surface area contributed by atoms with Crippen LogP contribution in [0.5, 0.6) is 0 Å². The quantitative estimate of drug-likeness (QED) is 0.266. The van der Waals surface area contributed by atoms with Gasteiger partial charge in [0.15, 0.2) is 11.0 Å². The van der Waals surface area contributed by atoms with Crippen molar-refractivity contribution < 1.29 is 19.1 Å². The molecule has 36 heavy (non-hydrogen) atoms. The van der Waals surface area contributed by atoms with Crippen molar-refractivity contribution in [2.45, 2.75) is 31.6 Å². The maximum Gasteiger partial charge on any atom is 0.337 e. The van der Waals surface area contributed by atoms with Crippen molar-refractivity contribution in [1.82, 2.24) is 20.1 Å². The molecule has 0 aliphatic carbocycles. The molecule has 3 rings (SSSR count). The summed E-state index contributed by atoms with van der Waals surface area (Å²) in [5.41, 5.74) is 0.915. The highest BCUT2D eigenvalue weighted by Gasteiger charge is 2.21. The minimum atomic E-state index is -0.541. The lowest BCUT2D eigenvalue weighted by atomic mass is 10.2. The third kappa shape index (κ3) is 6.70. The summed E-state index contributed by atoms with van der Waals surface area (Å²) in [6.45, 7) is 4.21. The van der Waals surface area contributed by atoms with Gasteiger partial charge in [0.1, 0.15) is 0 Å². The summed E-state index contributed by atoms with van der Waals surface area (Å²) in [5.74, 6) is -0.687. The van der Waals surface area contributed by atoms with Gasteiger partial charge >= 0.3 is 5.97 Å². The zero-order valence-corrected chi connectivity index (χ0v) is 22.6. The third-order valence-corrected chi connectivity index (χ3v) is 7.01. The van der Waals surface area contributed by atoms with Crippen molar-refractivity contribution in [3.05, 3.63) is 68.4 Å². The van der Waals surface area contributed by atoms with E-state index in [9.17, 15) is 14.4 Å². The summed E-state index contributed by atoms with van der Waals surface area (Å²) in [5, 5.41) is 15.4. The lowest BCUT2D eigenvalue weighted by molar-refractivity contribution is -0.113. The van der Waals surface area contributed by atoms with Crippen molar-refractivity contribution in [2.75, 3.05) is 18.2 Å². The Kier molecular flexibility index (Phi) is 9.61. The van der Waals surface area contributed by atoms with Gasteiger partial charge in [-0.05, 0) is 50.2 Å². The first-order valence-corrected chi connectivity index (χ1v) is 12.8. The molecule has 0 bridgehead atoms. The molecule has 2 amide bonds. The van der Waals surface area contributed by atoms with E-state index in [4.69, 9.17) is 39.5 Å². The molecule has 1 unspecified atom stereocenters. The molecular weight excluding hydrogens is 549 g/mol.